The molecule has 4 N–H and O–H groups in total. The molecule has 0 unspecified atom stereocenters. The maximum Gasteiger partial charge on any atom is 0.273 e. The predicted molar refractivity (Wildman–Crippen MR) is 146 cm³/mol. The lowest BCUT2D eigenvalue weighted by Gasteiger charge is -2.16. The van der Waals surface area contributed by atoms with Crippen molar-refractivity contribution in [1.29, 1.82) is 0 Å². The highest BCUT2D eigenvalue weighted by Crippen LogP contribution is 2.38. The summed E-state index contributed by atoms with van der Waals surface area (Å²) in [6.45, 7) is -1.61. The first-order chi connectivity index (χ1) is 19.9. The van der Waals surface area contributed by atoms with Crippen LogP contribution in [0.5, 0.6) is 5.75 Å². The Morgan fingerprint density at radius 2 is 1.95 bits per heavy atom. The van der Waals surface area contributed by atoms with Crippen molar-refractivity contribution in [2.24, 2.45) is 13.0 Å². The number of rotatable bonds is 11. The molecule has 3 aromatic rings. The van der Waals surface area contributed by atoms with E-state index in [1.54, 1.807) is 31.3 Å². The monoisotopic (exact) mass is 538 g/mol. The van der Waals surface area contributed by atoms with Gasteiger partial charge < -0.3 is 30.9 Å². The summed E-state index contributed by atoms with van der Waals surface area (Å²) in [5.74, 6) is -1.17. The summed E-state index contributed by atoms with van der Waals surface area (Å²) in [6, 6.07) is 8.19. The first kappa shape index (κ1) is 23.6. The highest BCUT2D eigenvalue weighted by atomic mass is 16.5. The molecule has 3 amide bonds. The second-order valence-electron chi connectivity index (χ2n) is 9.32. The van der Waals surface area contributed by atoms with E-state index < -0.39 is 12.9 Å². The van der Waals surface area contributed by atoms with Crippen LogP contribution < -0.4 is 26.0 Å². The molecule has 1 fully saturated rings. The van der Waals surface area contributed by atoms with Crippen LogP contribution in [-0.4, -0.2) is 83.9 Å². The zero-order chi connectivity index (χ0) is 30.6. The number of likely N-dealkylation sites (N-methyl/N-ethyl adjacent to an activating group) is 1. The second-order valence-corrected chi connectivity index (χ2v) is 9.32. The van der Waals surface area contributed by atoms with Gasteiger partial charge >= 0.3 is 0 Å². The van der Waals surface area contributed by atoms with Gasteiger partial charge in [0.15, 0.2) is 17.3 Å². The van der Waals surface area contributed by atoms with E-state index in [4.69, 9.17) is 8.85 Å². The number of hydrogen-bond donors (Lipinski definition) is 4. The number of amides is 3. The molecular weight excluding hydrogens is 502 g/mol. The number of methoxy groups -OCH3 is 1. The highest BCUT2D eigenvalue weighted by Gasteiger charge is 2.30. The van der Waals surface area contributed by atoms with E-state index in [0.717, 1.165) is 12.8 Å². The van der Waals surface area contributed by atoms with Crippen LogP contribution in [0.1, 0.15) is 37.9 Å². The first-order valence-electron chi connectivity index (χ1n) is 13.8. The van der Waals surface area contributed by atoms with Gasteiger partial charge in [-0.05, 0) is 45.1 Å². The maximum atomic E-state index is 12.8. The van der Waals surface area contributed by atoms with E-state index in [0.29, 0.717) is 41.5 Å². The molecule has 1 saturated carbocycles. The van der Waals surface area contributed by atoms with Crippen molar-refractivity contribution >= 4 is 34.9 Å². The number of carbonyl (C=O) groups excluding carboxylic acids is 3. The molecule has 0 radical (unpaired) electrons. The number of aryl methyl sites for hydroxylation is 1. The van der Waals surface area contributed by atoms with E-state index in [2.05, 4.69) is 31.2 Å². The maximum absolute atomic E-state index is 12.8. The number of aromatic nitrogens is 4. The lowest BCUT2D eigenvalue weighted by molar-refractivity contribution is -0.117. The summed E-state index contributed by atoms with van der Waals surface area (Å²) in [4.78, 5) is 39.8. The standard InChI is InChI=1S/C26H33N9O4/c1-27-26(38)22-19(14-21(31-32-22)30-24(36)15-9-10-15)29-17-8-6-7-16(23(17)39-5)18-13-20(35(4)33-18)25(37)28-11-12-34(2)3/h6-8,13-15H,9-12H2,1-5H3,(H,27,38)(H,28,37)(H2,29,30,31,36)/i1D3. The Morgan fingerprint density at radius 3 is 2.64 bits per heavy atom. The predicted octanol–water partition coefficient (Wildman–Crippen LogP) is 1.63. The molecule has 39 heavy (non-hydrogen) atoms. The lowest BCUT2D eigenvalue weighted by atomic mass is 10.1. The van der Waals surface area contributed by atoms with Crippen molar-refractivity contribution in [3.63, 3.8) is 0 Å². The van der Waals surface area contributed by atoms with Crippen LogP contribution in [0.3, 0.4) is 0 Å². The van der Waals surface area contributed by atoms with Gasteiger partial charge in [-0.1, -0.05) is 6.07 Å². The fraction of sp³-hybridized carbons (Fsp3) is 0.385. The smallest absolute Gasteiger partial charge is 0.273 e. The van der Waals surface area contributed by atoms with Crippen molar-refractivity contribution in [1.82, 2.24) is 35.5 Å². The summed E-state index contributed by atoms with van der Waals surface area (Å²) >= 11 is 0. The van der Waals surface area contributed by atoms with Crippen LogP contribution in [0.2, 0.25) is 0 Å². The number of para-hydroxylation sites is 1. The van der Waals surface area contributed by atoms with Gasteiger partial charge in [0.1, 0.15) is 5.69 Å². The molecule has 2 heterocycles. The number of nitrogens with one attached hydrogen (secondary N) is 4. The molecular formula is C26H33N9O4. The van der Waals surface area contributed by atoms with E-state index in [1.807, 2.05) is 24.3 Å². The van der Waals surface area contributed by atoms with Crippen LogP contribution in [0.4, 0.5) is 17.2 Å². The topological polar surface area (TPSA) is 155 Å². The molecule has 0 spiro atoms. The van der Waals surface area contributed by atoms with E-state index in [9.17, 15) is 14.4 Å². The van der Waals surface area contributed by atoms with Gasteiger partial charge in [-0.3, -0.25) is 19.1 Å². The molecule has 13 nitrogen and oxygen atoms in total. The van der Waals surface area contributed by atoms with Crippen molar-refractivity contribution in [3.05, 3.63) is 41.7 Å². The van der Waals surface area contributed by atoms with Crippen molar-refractivity contribution in [2.45, 2.75) is 12.8 Å². The zero-order valence-corrected chi connectivity index (χ0v) is 22.2. The first-order valence-corrected chi connectivity index (χ1v) is 12.3. The minimum absolute atomic E-state index is 0.0790. The van der Waals surface area contributed by atoms with E-state index in [-0.39, 0.29) is 34.9 Å². The summed E-state index contributed by atoms with van der Waals surface area (Å²) in [7, 11) is 6.94. The van der Waals surface area contributed by atoms with Gasteiger partial charge in [-0.2, -0.15) is 5.10 Å². The molecule has 1 aromatic carbocycles. The second kappa shape index (κ2) is 11.9. The van der Waals surface area contributed by atoms with Gasteiger partial charge in [0, 0.05) is 48.8 Å². The van der Waals surface area contributed by atoms with Crippen molar-refractivity contribution in [3.8, 4) is 17.0 Å². The average Bonchev–Trinajstić information content (AvgIpc) is 3.69. The van der Waals surface area contributed by atoms with Crippen LogP contribution in [0.15, 0.2) is 30.3 Å². The summed E-state index contributed by atoms with van der Waals surface area (Å²) in [5.41, 5.74) is 1.51. The van der Waals surface area contributed by atoms with Crippen LogP contribution in [0, 0.1) is 5.92 Å². The minimum Gasteiger partial charge on any atom is -0.494 e. The normalized spacial score (nSPS) is 14.1. The number of carbonyl (C=O) groups is 3. The Kier molecular flexibility index (Phi) is 7.20. The Bertz CT molecular complexity index is 1490. The quantitative estimate of drug-likeness (QED) is 0.285. The number of anilines is 3. The third-order valence-corrected chi connectivity index (χ3v) is 6.04. The molecule has 13 heteroatoms. The van der Waals surface area contributed by atoms with Crippen LogP contribution >= 0.6 is 0 Å². The largest absolute Gasteiger partial charge is 0.494 e. The van der Waals surface area contributed by atoms with Gasteiger partial charge in [0.2, 0.25) is 5.91 Å². The molecule has 0 saturated heterocycles. The summed E-state index contributed by atoms with van der Waals surface area (Å²) < 4.78 is 29.4. The Balaban J connectivity index is 1.67. The van der Waals surface area contributed by atoms with Gasteiger partial charge in [0.05, 0.1) is 24.2 Å². The summed E-state index contributed by atoms with van der Waals surface area (Å²) in [6.07, 6.45) is 1.56. The number of ether oxygens (including phenoxy) is 1. The zero-order valence-electron chi connectivity index (χ0n) is 25.2. The molecule has 2 aromatic heterocycles. The summed E-state index contributed by atoms with van der Waals surface area (Å²) in [5, 5.41) is 22.8. The Hall–Kier alpha value is -4.52. The number of nitrogens with zero attached hydrogens (tertiary/aromatic N) is 5. The van der Waals surface area contributed by atoms with Gasteiger partial charge in [0.25, 0.3) is 11.8 Å². The molecule has 1 aliphatic carbocycles. The van der Waals surface area contributed by atoms with Crippen molar-refractivity contribution < 1.29 is 23.2 Å². The third kappa shape index (κ3) is 6.49. The highest BCUT2D eigenvalue weighted by molar-refractivity contribution is 6.00. The Labute approximate surface area is 230 Å². The molecule has 4 rings (SSSR count). The third-order valence-electron chi connectivity index (χ3n) is 6.04. The fourth-order valence-electron chi connectivity index (χ4n) is 3.85. The average molecular weight is 539 g/mol. The lowest BCUT2D eigenvalue weighted by Crippen LogP contribution is -2.32. The van der Waals surface area contributed by atoms with Gasteiger partial charge in [-0.25, -0.2) is 0 Å². The minimum atomic E-state index is -2.76. The number of benzene rings is 1. The van der Waals surface area contributed by atoms with Crippen LogP contribution in [0.25, 0.3) is 11.3 Å². The molecule has 0 bridgehead atoms. The Morgan fingerprint density at radius 1 is 1.15 bits per heavy atom. The van der Waals surface area contributed by atoms with Crippen molar-refractivity contribution in [2.75, 3.05) is 51.9 Å². The molecule has 1 aliphatic rings. The molecule has 0 atom stereocenters. The molecule has 0 aliphatic heterocycles. The SMILES string of the molecule is [2H]C([2H])([2H])NC(=O)c1nnc(NC(=O)C2CC2)cc1Nc1cccc(-c2cc(C(=O)NCCN(C)C)n(C)n2)c1OC. The fourth-order valence-corrected chi connectivity index (χ4v) is 3.85. The van der Waals surface area contributed by atoms with E-state index in [1.165, 1.54) is 17.9 Å². The van der Waals surface area contributed by atoms with E-state index >= 15 is 0 Å². The van der Waals surface area contributed by atoms with Gasteiger partial charge in [-0.15, -0.1) is 10.2 Å². The molecule has 206 valence electrons. The number of hydrogen-bond acceptors (Lipinski definition) is 9. The van der Waals surface area contributed by atoms with Crippen LogP contribution in [-0.2, 0) is 11.8 Å².